The summed E-state index contributed by atoms with van der Waals surface area (Å²) in [6.45, 7) is 2.04. The Morgan fingerprint density at radius 2 is 1.11 bits per heavy atom. The number of hydrogen-bond acceptors (Lipinski definition) is 3. The van der Waals surface area contributed by atoms with Gasteiger partial charge < -0.3 is 15.3 Å². The van der Waals surface area contributed by atoms with E-state index in [4.69, 9.17) is 0 Å². The second kappa shape index (κ2) is 6.36. The summed E-state index contributed by atoms with van der Waals surface area (Å²) in [7, 11) is 0. The molecule has 0 heterocycles. The Morgan fingerprint density at radius 1 is 0.593 bits per heavy atom. The van der Waals surface area contributed by atoms with Crippen molar-refractivity contribution in [2.75, 3.05) is 0 Å². The quantitative estimate of drug-likeness (QED) is 0.436. The van der Waals surface area contributed by atoms with E-state index in [1.165, 1.54) is 0 Å². The van der Waals surface area contributed by atoms with Gasteiger partial charge >= 0.3 is 0 Å². The SMILES string of the molecule is CC(c1ccc(O)cc1)(c1ccc(O)cc1)c1ccc2ccccc2c1O. The zero-order chi connectivity index (χ0) is 19.0. The zero-order valence-corrected chi connectivity index (χ0v) is 14.9. The maximum atomic E-state index is 11.1. The van der Waals surface area contributed by atoms with Crippen molar-refractivity contribution in [3.8, 4) is 17.2 Å². The lowest BCUT2D eigenvalue weighted by Crippen LogP contribution is -2.25. The van der Waals surface area contributed by atoms with Gasteiger partial charge in [0.05, 0.1) is 0 Å². The maximum absolute atomic E-state index is 11.1. The molecule has 0 aliphatic rings. The third-order valence-electron chi connectivity index (χ3n) is 5.33. The first-order valence-corrected chi connectivity index (χ1v) is 8.80. The summed E-state index contributed by atoms with van der Waals surface area (Å²) in [4.78, 5) is 0. The number of phenolic OH excluding ortho intramolecular Hbond substituents is 3. The van der Waals surface area contributed by atoms with Crippen molar-refractivity contribution < 1.29 is 15.3 Å². The van der Waals surface area contributed by atoms with E-state index in [-0.39, 0.29) is 17.2 Å². The molecule has 4 rings (SSSR count). The van der Waals surface area contributed by atoms with Crippen molar-refractivity contribution in [1.82, 2.24) is 0 Å². The van der Waals surface area contributed by atoms with Crippen LogP contribution < -0.4 is 0 Å². The third kappa shape index (κ3) is 2.77. The molecule has 0 unspecified atom stereocenters. The summed E-state index contributed by atoms with van der Waals surface area (Å²) in [6, 6.07) is 25.7. The van der Waals surface area contributed by atoms with Gasteiger partial charge in [0.15, 0.2) is 0 Å². The van der Waals surface area contributed by atoms with Gasteiger partial charge in [0, 0.05) is 16.4 Å². The van der Waals surface area contributed by atoms with Crippen LogP contribution in [0, 0.1) is 0 Å². The highest BCUT2D eigenvalue weighted by atomic mass is 16.3. The molecule has 0 radical (unpaired) electrons. The van der Waals surface area contributed by atoms with Crippen molar-refractivity contribution in [3.05, 3.63) is 102 Å². The minimum Gasteiger partial charge on any atom is -0.508 e. The molecule has 0 saturated carbocycles. The summed E-state index contributed by atoms with van der Waals surface area (Å²) in [6.07, 6.45) is 0. The van der Waals surface area contributed by atoms with Gasteiger partial charge in [0.2, 0.25) is 0 Å². The molecular formula is C24H20O3. The molecule has 0 amide bonds. The van der Waals surface area contributed by atoms with E-state index < -0.39 is 5.41 Å². The molecule has 0 bridgehead atoms. The number of rotatable bonds is 3. The predicted molar refractivity (Wildman–Crippen MR) is 107 cm³/mol. The Bertz CT molecular complexity index is 1050. The number of phenols is 3. The summed E-state index contributed by atoms with van der Waals surface area (Å²) in [5.74, 6) is 0.612. The van der Waals surface area contributed by atoms with Crippen LogP contribution in [0.15, 0.2) is 84.9 Å². The molecule has 0 aromatic heterocycles. The monoisotopic (exact) mass is 356 g/mol. The van der Waals surface area contributed by atoms with Crippen LogP contribution in [0.25, 0.3) is 10.8 Å². The molecule has 0 saturated heterocycles. The van der Waals surface area contributed by atoms with E-state index in [2.05, 4.69) is 0 Å². The highest BCUT2D eigenvalue weighted by Crippen LogP contribution is 2.45. The summed E-state index contributed by atoms with van der Waals surface area (Å²) < 4.78 is 0. The first-order chi connectivity index (χ1) is 13.0. The first kappa shape index (κ1) is 17.0. The standard InChI is InChI=1S/C24H20O3/c1-24(17-7-11-19(25)12-8-17,18-9-13-20(26)14-10-18)22-15-6-16-4-2-3-5-21(16)23(22)27/h2-15,25-27H,1H3. The Morgan fingerprint density at radius 3 is 1.67 bits per heavy atom. The summed E-state index contributed by atoms with van der Waals surface area (Å²) in [5.41, 5.74) is 1.95. The van der Waals surface area contributed by atoms with E-state index in [1.807, 2.05) is 67.6 Å². The molecule has 27 heavy (non-hydrogen) atoms. The molecule has 0 atom stereocenters. The normalized spacial score (nSPS) is 11.6. The van der Waals surface area contributed by atoms with Crippen LogP contribution in [0.2, 0.25) is 0 Å². The Hall–Kier alpha value is -3.46. The smallest absolute Gasteiger partial charge is 0.127 e. The van der Waals surface area contributed by atoms with E-state index in [0.29, 0.717) is 0 Å². The van der Waals surface area contributed by atoms with Crippen molar-refractivity contribution in [3.63, 3.8) is 0 Å². The Kier molecular flexibility index (Phi) is 4.00. The number of hydrogen-bond donors (Lipinski definition) is 3. The third-order valence-corrected chi connectivity index (χ3v) is 5.33. The van der Waals surface area contributed by atoms with E-state index in [1.54, 1.807) is 24.3 Å². The number of fused-ring (bicyclic) bond motifs is 1. The van der Waals surface area contributed by atoms with Gasteiger partial charge in [0.1, 0.15) is 17.2 Å². The molecule has 3 N–H and O–H groups in total. The van der Waals surface area contributed by atoms with E-state index in [9.17, 15) is 15.3 Å². The second-order valence-electron chi connectivity index (χ2n) is 6.90. The van der Waals surface area contributed by atoms with Crippen molar-refractivity contribution in [2.24, 2.45) is 0 Å². The van der Waals surface area contributed by atoms with Crippen LogP contribution in [0.1, 0.15) is 23.6 Å². The van der Waals surface area contributed by atoms with Crippen LogP contribution in [0.3, 0.4) is 0 Å². The van der Waals surface area contributed by atoms with Crippen molar-refractivity contribution in [2.45, 2.75) is 12.3 Å². The maximum Gasteiger partial charge on any atom is 0.127 e. The fraction of sp³-hybridized carbons (Fsp3) is 0.0833. The molecule has 4 aromatic carbocycles. The van der Waals surface area contributed by atoms with Crippen molar-refractivity contribution >= 4 is 10.8 Å². The van der Waals surface area contributed by atoms with Gasteiger partial charge in [-0.15, -0.1) is 0 Å². The number of benzene rings is 4. The van der Waals surface area contributed by atoms with Crippen LogP contribution in [-0.4, -0.2) is 15.3 Å². The highest BCUT2D eigenvalue weighted by Gasteiger charge is 2.34. The molecule has 0 fully saturated rings. The Labute approximate surface area is 157 Å². The van der Waals surface area contributed by atoms with Gasteiger partial charge in [-0.05, 0) is 47.7 Å². The van der Waals surface area contributed by atoms with Crippen molar-refractivity contribution in [1.29, 1.82) is 0 Å². The number of aromatic hydroxyl groups is 3. The molecule has 0 aliphatic heterocycles. The molecule has 134 valence electrons. The minimum atomic E-state index is -0.671. The van der Waals surface area contributed by atoms with E-state index >= 15 is 0 Å². The second-order valence-corrected chi connectivity index (χ2v) is 6.90. The van der Waals surface area contributed by atoms with Crippen LogP contribution in [-0.2, 0) is 5.41 Å². The molecular weight excluding hydrogens is 336 g/mol. The zero-order valence-electron chi connectivity index (χ0n) is 14.9. The topological polar surface area (TPSA) is 60.7 Å². The van der Waals surface area contributed by atoms with Gasteiger partial charge in [-0.2, -0.15) is 0 Å². The molecule has 3 nitrogen and oxygen atoms in total. The van der Waals surface area contributed by atoms with Gasteiger partial charge in [-0.3, -0.25) is 0 Å². The lowest BCUT2D eigenvalue weighted by atomic mass is 9.70. The summed E-state index contributed by atoms with van der Waals surface area (Å²) >= 11 is 0. The highest BCUT2D eigenvalue weighted by molar-refractivity contribution is 5.90. The van der Waals surface area contributed by atoms with Crippen LogP contribution in [0.4, 0.5) is 0 Å². The molecule has 4 aromatic rings. The van der Waals surface area contributed by atoms with Gasteiger partial charge in [-0.1, -0.05) is 60.7 Å². The minimum absolute atomic E-state index is 0.189. The lowest BCUT2D eigenvalue weighted by molar-refractivity contribution is 0.462. The van der Waals surface area contributed by atoms with Gasteiger partial charge in [0.25, 0.3) is 0 Å². The largest absolute Gasteiger partial charge is 0.508 e. The lowest BCUT2D eigenvalue weighted by Gasteiger charge is -2.33. The molecule has 3 heteroatoms. The van der Waals surface area contributed by atoms with E-state index in [0.717, 1.165) is 27.5 Å². The van der Waals surface area contributed by atoms with Gasteiger partial charge in [-0.25, -0.2) is 0 Å². The fourth-order valence-electron chi connectivity index (χ4n) is 3.73. The average molecular weight is 356 g/mol. The summed E-state index contributed by atoms with van der Waals surface area (Å²) in [5, 5.41) is 32.3. The molecule has 0 spiro atoms. The molecule has 0 aliphatic carbocycles. The fourth-order valence-corrected chi connectivity index (χ4v) is 3.73. The van der Waals surface area contributed by atoms with Crippen LogP contribution >= 0.6 is 0 Å². The first-order valence-electron chi connectivity index (χ1n) is 8.80. The Balaban J connectivity index is 2.02. The predicted octanol–water partition coefficient (Wildman–Crippen LogP) is 5.31. The average Bonchev–Trinajstić information content (AvgIpc) is 2.69. The van der Waals surface area contributed by atoms with Crippen LogP contribution in [0.5, 0.6) is 17.2 Å².